The van der Waals surface area contributed by atoms with Crippen LogP contribution in [0.3, 0.4) is 0 Å². The van der Waals surface area contributed by atoms with E-state index in [9.17, 15) is 13.2 Å². The van der Waals surface area contributed by atoms with Gasteiger partial charge in [-0.1, -0.05) is 5.16 Å². The molecule has 2 aromatic rings. The molecule has 0 spiro atoms. The molecule has 1 amide bonds. The van der Waals surface area contributed by atoms with E-state index < -0.39 is 15.9 Å². The molecular weight excluding hydrogens is 308 g/mol. The van der Waals surface area contributed by atoms with Crippen molar-refractivity contribution in [3.05, 3.63) is 30.4 Å². The topological polar surface area (TPSA) is 115 Å². The van der Waals surface area contributed by atoms with Crippen LogP contribution in [0.25, 0.3) is 11.4 Å². The quantitative estimate of drug-likeness (QED) is 0.833. The maximum atomic E-state index is 11.7. The SMILES string of the molecule is C[C@@H](NC(=O)CCS(C)(=O)=O)c1nc(-c2cccnc2)no1. The van der Waals surface area contributed by atoms with Gasteiger partial charge in [0.05, 0.1) is 5.75 Å². The lowest BCUT2D eigenvalue weighted by Gasteiger charge is -2.08. The van der Waals surface area contributed by atoms with Crippen LogP contribution in [0.15, 0.2) is 29.0 Å². The summed E-state index contributed by atoms with van der Waals surface area (Å²) in [4.78, 5) is 19.8. The summed E-state index contributed by atoms with van der Waals surface area (Å²) in [5.41, 5.74) is 0.702. The van der Waals surface area contributed by atoms with E-state index in [-0.39, 0.29) is 24.0 Å². The normalized spacial score (nSPS) is 12.8. The molecule has 2 rings (SSSR count). The molecule has 2 aromatic heterocycles. The van der Waals surface area contributed by atoms with Gasteiger partial charge in [0.25, 0.3) is 0 Å². The number of amides is 1. The molecule has 0 aromatic carbocycles. The van der Waals surface area contributed by atoms with Crippen molar-refractivity contribution >= 4 is 15.7 Å². The first-order valence-electron chi connectivity index (χ1n) is 6.56. The number of hydrogen-bond donors (Lipinski definition) is 1. The van der Waals surface area contributed by atoms with Crippen LogP contribution in [0.1, 0.15) is 25.3 Å². The highest BCUT2D eigenvalue weighted by Crippen LogP contribution is 2.17. The van der Waals surface area contributed by atoms with E-state index in [4.69, 9.17) is 4.52 Å². The van der Waals surface area contributed by atoms with E-state index >= 15 is 0 Å². The van der Waals surface area contributed by atoms with Gasteiger partial charge in [0.2, 0.25) is 17.6 Å². The highest BCUT2D eigenvalue weighted by molar-refractivity contribution is 7.90. The van der Waals surface area contributed by atoms with Gasteiger partial charge in [0.1, 0.15) is 15.9 Å². The molecule has 1 N–H and O–H groups in total. The predicted molar refractivity (Wildman–Crippen MR) is 78.4 cm³/mol. The number of rotatable bonds is 6. The summed E-state index contributed by atoms with van der Waals surface area (Å²) in [7, 11) is -3.17. The van der Waals surface area contributed by atoms with Gasteiger partial charge < -0.3 is 9.84 Å². The summed E-state index contributed by atoms with van der Waals surface area (Å²) < 4.78 is 27.2. The summed E-state index contributed by atoms with van der Waals surface area (Å²) in [6.07, 6.45) is 4.22. The zero-order valence-corrected chi connectivity index (χ0v) is 13.0. The van der Waals surface area contributed by atoms with E-state index in [2.05, 4.69) is 20.4 Å². The Morgan fingerprint density at radius 2 is 2.23 bits per heavy atom. The van der Waals surface area contributed by atoms with Crippen LogP contribution >= 0.6 is 0 Å². The van der Waals surface area contributed by atoms with Crippen molar-refractivity contribution in [2.75, 3.05) is 12.0 Å². The van der Waals surface area contributed by atoms with Crippen LogP contribution in [0, 0.1) is 0 Å². The third-order valence-corrected chi connectivity index (χ3v) is 3.76. The van der Waals surface area contributed by atoms with Crippen molar-refractivity contribution in [2.24, 2.45) is 0 Å². The third kappa shape index (κ3) is 4.62. The van der Waals surface area contributed by atoms with E-state index in [1.807, 2.05) is 0 Å². The maximum Gasteiger partial charge on any atom is 0.249 e. The van der Waals surface area contributed by atoms with E-state index in [1.165, 1.54) is 0 Å². The first-order chi connectivity index (χ1) is 10.3. The molecule has 22 heavy (non-hydrogen) atoms. The molecule has 0 fully saturated rings. The number of hydrogen-bond acceptors (Lipinski definition) is 7. The monoisotopic (exact) mass is 324 g/mol. The summed E-state index contributed by atoms with van der Waals surface area (Å²) in [6.45, 7) is 1.68. The van der Waals surface area contributed by atoms with Crippen LogP contribution in [0.2, 0.25) is 0 Å². The molecular formula is C13H16N4O4S. The fourth-order valence-corrected chi connectivity index (χ4v) is 2.23. The second-order valence-corrected chi connectivity index (χ2v) is 7.13. The largest absolute Gasteiger partial charge is 0.345 e. The molecule has 2 heterocycles. The van der Waals surface area contributed by atoms with Crippen LogP contribution in [0.4, 0.5) is 0 Å². The van der Waals surface area contributed by atoms with Crippen LogP contribution in [-0.2, 0) is 14.6 Å². The van der Waals surface area contributed by atoms with Crippen molar-refractivity contribution in [2.45, 2.75) is 19.4 Å². The van der Waals surface area contributed by atoms with Crippen LogP contribution in [-0.4, -0.2) is 41.5 Å². The summed E-state index contributed by atoms with van der Waals surface area (Å²) in [5.74, 6) is 0.0296. The minimum Gasteiger partial charge on any atom is -0.345 e. The number of carbonyl (C=O) groups excluding carboxylic acids is 1. The molecule has 0 aliphatic heterocycles. The number of sulfone groups is 1. The Balaban J connectivity index is 1.97. The predicted octanol–water partition coefficient (Wildman–Crippen LogP) is 0.744. The average molecular weight is 324 g/mol. The van der Waals surface area contributed by atoms with Crippen molar-refractivity contribution in [3.8, 4) is 11.4 Å². The Labute approximate surface area is 127 Å². The number of nitrogens with one attached hydrogen (secondary N) is 1. The number of pyridine rings is 1. The molecule has 118 valence electrons. The first-order valence-corrected chi connectivity index (χ1v) is 8.62. The molecule has 0 bridgehead atoms. The highest BCUT2D eigenvalue weighted by Gasteiger charge is 2.18. The molecule has 1 atom stereocenters. The third-order valence-electron chi connectivity index (χ3n) is 2.81. The van der Waals surface area contributed by atoms with Gasteiger partial charge in [-0.25, -0.2) is 8.42 Å². The highest BCUT2D eigenvalue weighted by atomic mass is 32.2. The van der Waals surface area contributed by atoms with E-state index in [0.29, 0.717) is 11.4 Å². The molecule has 8 nitrogen and oxygen atoms in total. The standard InChI is InChI=1S/C13H16N4O4S/c1-9(15-11(18)5-7-22(2,19)20)13-16-12(17-21-13)10-4-3-6-14-8-10/h3-4,6,8-9H,5,7H2,1-2H3,(H,15,18)/t9-/m1/s1. The van der Waals surface area contributed by atoms with Gasteiger partial charge >= 0.3 is 0 Å². The Kier molecular flexibility index (Phi) is 4.86. The summed E-state index contributed by atoms with van der Waals surface area (Å²) >= 11 is 0. The van der Waals surface area contributed by atoms with Crippen molar-refractivity contribution in [1.29, 1.82) is 0 Å². The Morgan fingerprint density at radius 1 is 1.45 bits per heavy atom. The molecule has 0 aliphatic carbocycles. The van der Waals surface area contributed by atoms with Gasteiger partial charge in [-0.3, -0.25) is 9.78 Å². The van der Waals surface area contributed by atoms with Crippen molar-refractivity contribution < 1.29 is 17.7 Å². The van der Waals surface area contributed by atoms with Gasteiger partial charge in [-0.2, -0.15) is 4.98 Å². The number of nitrogens with zero attached hydrogens (tertiary/aromatic N) is 3. The minimum absolute atomic E-state index is 0.104. The van der Waals surface area contributed by atoms with Gasteiger partial charge in [-0.05, 0) is 19.1 Å². The second-order valence-electron chi connectivity index (χ2n) is 4.87. The molecule has 0 aliphatic rings. The van der Waals surface area contributed by atoms with Gasteiger partial charge in [0, 0.05) is 30.6 Å². The fraction of sp³-hybridized carbons (Fsp3) is 0.385. The van der Waals surface area contributed by atoms with Gasteiger partial charge in [-0.15, -0.1) is 0 Å². The molecule has 0 unspecified atom stereocenters. The summed E-state index contributed by atoms with van der Waals surface area (Å²) in [5, 5.41) is 6.45. The smallest absolute Gasteiger partial charge is 0.249 e. The molecule has 0 saturated carbocycles. The van der Waals surface area contributed by atoms with Crippen molar-refractivity contribution in [1.82, 2.24) is 20.4 Å². The first kappa shape index (κ1) is 16.1. The fourth-order valence-electron chi connectivity index (χ4n) is 1.68. The molecule has 9 heteroatoms. The lowest BCUT2D eigenvalue weighted by molar-refractivity contribution is -0.121. The van der Waals surface area contributed by atoms with Crippen LogP contribution in [0.5, 0.6) is 0 Å². The lowest BCUT2D eigenvalue weighted by atomic mass is 10.2. The maximum absolute atomic E-state index is 11.7. The van der Waals surface area contributed by atoms with E-state index in [0.717, 1.165) is 6.26 Å². The molecule has 0 saturated heterocycles. The second kappa shape index (κ2) is 6.65. The molecule has 0 radical (unpaired) electrons. The van der Waals surface area contributed by atoms with Gasteiger partial charge in [0.15, 0.2) is 0 Å². The zero-order valence-electron chi connectivity index (χ0n) is 12.2. The van der Waals surface area contributed by atoms with E-state index in [1.54, 1.807) is 31.5 Å². The Morgan fingerprint density at radius 3 is 2.86 bits per heavy atom. The lowest BCUT2D eigenvalue weighted by Crippen LogP contribution is -2.28. The Bertz CT molecular complexity index is 742. The minimum atomic E-state index is -3.17. The zero-order chi connectivity index (χ0) is 16.2. The number of carbonyl (C=O) groups is 1. The number of aromatic nitrogens is 3. The van der Waals surface area contributed by atoms with Crippen LogP contribution < -0.4 is 5.32 Å². The Hall–Kier alpha value is -2.29. The van der Waals surface area contributed by atoms with Crippen molar-refractivity contribution in [3.63, 3.8) is 0 Å². The summed E-state index contributed by atoms with van der Waals surface area (Å²) in [6, 6.07) is 3.03. The average Bonchev–Trinajstić information content (AvgIpc) is 2.95.